The Bertz CT molecular complexity index is 387. The minimum Gasteiger partial charge on any atom is -0.480 e. The molecule has 20 heavy (non-hydrogen) atoms. The number of aliphatic carboxylic acids is 1. The molecule has 0 aromatic carbocycles. The molecule has 2 aliphatic heterocycles. The molecule has 0 unspecified atom stereocenters. The van der Waals surface area contributed by atoms with Crippen molar-refractivity contribution < 1.29 is 14.7 Å². The molecule has 2 aliphatic rings. The Labute approximate surface area is 129 Å². The van der Waals surface area contributed by atoms with Gasteiger partial charge in [0.2, 0.25) is 5.91 Å². The van der Waals surface area contributed by atoms with Crippen molar-refractivity contribution in [2.24, 2.45) is 5.92 Å². The van der Waals surface area contributed by atoms with Crippen molar-refractivity contribution in [1.82, 2.24) is 9.62 Å². The van der Waals surface area contributed by atoms with Crippen LogP contribution in [0.25, 0.3) is 0 Å². The molecule has 5 nitrogen and oxygen atoms in total. The van der Waals surface area contributed by atoms with E-state index in [2.05, 4.69) is 17.4 Å². The number of likely N-dealkylation sites (tertiary alicyclic amines) is 1. The third kappa shape index (κ3) is 5.13. The van der Waals surface area contributed by atoms with Gasteiger partial charge in [0, 0.05) is 24.4 Å². The standard InChI is InChI=1S/C9H15NO3S.C4H5NS/c1-6(5-14)8(11)10-4-2-3-7(10)9(12)13;1-2-4-6-5-3-1/h6-7,14H,2-5H2,1H3,(H,12,13);1-5H/t6-,7+;/m1./s1. The lowest BCUT2D eigenvalue weighted by Gasteiger charge is -2.24. The number of allylic oxidation sites excluding steroid dienone is 2. The summed E-state index contributed by atoms with van der Waals surface area (Å²) in [5.41, 5.74) is 0. The number of nitrogens with one attached hydrogen (secondary N) is 1. The topological polar surface area (TPSA) is 69.6 Å². The van der Waals surface area contributed by atoms with Gasteiger partial charge in [0.15, 0.2) is 0 Å². The van der Waals surface area contributed by atoms with E-state index < -0.39 is 12.0 Å². The molecule has 0 aromatic rings. The maximum atomic E-state index is 11.7. The lowest BCUT2D eigenvalue weighted by Crippen LogP contribution is -2.43. The van der Waals surface area contributed by atoms with E-state index in [1.54, 1.807) is 18.9 Å². The summed E-state index contributed by atoms with van der Waals surface area (Å²) in [4.78, 5) is 24.0. The fourth-order valence-corrected chi connectivity index (χ4v) is 2.47. The fraction of sp³-hybridized carbons (Fsp3) is 0.538. The van der Waals surface area contributed by atoms with Gasteiger partial charge < -0.3 is 14.7 Å². The zero-order chi connectivity index (χ0) is 15.0. The van der Waals surface area contributed by atoms with Gasteiger partial charge in [-0.3, -0.25) is 4.79 Å². The highest BCUT2D eigenvalue weighted by atomic mass is 32.2. The highest BCUT2D eigenvalue weighted by Gasteiger charge is 2.35. The van der Waals surface area contributed by atoms with Gasteiger partial charge in [-0.2, -0.15) is 12.6 Å². The molecule has 0 aliphatic carbocycles. The molecule has 1 saturated heterocycles. The van der Waals surface area contributed by atoms with Crippen LogP contribution in [-0.4, -0.2) is 40.2 Å². The molecule has 112 valence electrons. The fourth-order valence-electron chi connectivity index (χ4n) is 1.91. The third-order valence-electron chi connectivity index (χ3n) is 3.01. The van der Waals surface area contributed by atoms with Crippen LogP contribution in [0.15, 0.2) is 23.8 Å². The SMILES string of the molecule is C1=CNSC=C1.C[C@H](CS)C(=O)N1CCC[C@H]1C(=O)O. The Morgan fingerprint density at radius 3 is 2.70 bits per heavy atom. The first-order valence-corrected chi connectivity index (χ1v) is 7.96. The molecule has 2 rings (SSSR count). The zero-order valence-electron chi connectivity index (χ0n) is 11.4. The second-order valence-corrected chi connectivity index (χ2v) is 5.64. The number of hydrogen-bond donors (Lipinski definition) is 3. The maximum Gasteiger partial charge on any atom is 0.326 e. The largest absolute Gasteiger partial charge is 0.480 e. The minimum absolute atomic E-state index is 0.0927. The Morgan fingerprint density at radius 2 is 2.30 bits per heavy atom. The lowest BCUT2D eigenvalue weighted by molar-refractivity contribution is -0.149. The molecule has 2 heterocycles. The molecule has 0 saturated carbocycles. The Hall–Kier alpha value is -1.08. The molecule has 2 atom stereocenters. The summed E-state index contributed by atoms with van der Waals surface area (Å²) in [6, 6.07) is -0.621. The Balaban J connectivity index is 0.000000276. The quantitative estimate of drug-likeness (QED) is 0.548. The van der Waals surface area contributed by atoms with E-state index >= 15 is 0 Å². The van der Waals surface area contributed by atoms with E-state index in [4.69, 9.17) is 5.11 Å². The molecule has 7 heteroatoms. The second-order valence-electron chi connectivity index (χ2n) is 4.53. The molecule has 0 bridgehead atoms. The second kappa shape index (κ2) is 8.97. The predicted molar refractivity (Wildman–Crippen MR) is 84.4 cm³/mol. The van der Waals surface area contributed by atoms with Crippen molar-refractivity contribution in [2.45, 2.75) is 25.8 Å². The van der Waals surface area contributed by atoms with Crippen molar-refractivity contribution in [2.75, 3.05) is 12.3 Å². The summed E-state index contributed by atoms with van der Waals surface area (Å²) in [5, 5.41) is 10.9. The molecule has 0 aromatic heterocycles. The van der Waals surface area contributed by atoms with Crippen LogP contribution in [0, 0.1) is 5.92 Å². The van der Waals surface area contributed by atoms with Crippen LogP contribution >= 0.6 is 24.6 Å². The Kier molecular flexibility index (Phi) is 7.61. The van der Waals surface area contributed by atoms with Crippen molar-refractivity contribution in [3.8, 4) is 0 Å². The van der Waals surface area contributed by atoms with E-state index in [0.717, 1.165) is 6.42 Å². The van der Waals surface area contributed by atoms with E-state index in [1.807, 2.05) is 23.8 Å². The van der Waals surface area contributed by atoms with Crippen LogP contribution in [0.2, 0.25) is 0 Å². The maximum absolute atomic E-state index is 11.7. The summed E-state index contributed by atoms with van der Waals surface area (Å²) in [6.07, 6.45) is 7.19. The van der Waals surface area contributed by atoms with Gasteiger partial charge in [-0.05, 0) is 36.3 Å². The molecule has 2 N–H and O–H groups in total. The van der Waals surface area contributed by atoms with Gasteiger partial charge >= 0.3 is 5.97 Å². The Morgan fingerprint density at radius 1 is 1.55 bits per heavy atom. The van der Waals surface area contributed by atoms with E-state index in [1.165, 1.54) is 4.90 Å². The average molecular weight is 316 g/mol. The number of hydrogen-bond acceptors (Lipinski definition) is 5. The number of nitrogens with zero attached hydrogens (tertiary/aromatic N) is 1. The molecule has 1 fully saturated rings. The van der Waals surface area contributed by atoms with Crippen molar-refractivity contribution >= 4 is 36.5 Å². The van der Waals surface area contributed by atoms with Gasteiger partial charge in [0.25, 0.3) is 0 Å². The van der Waals surface area contributed by atoms with Gasteiger partial charge in [0.1, 0.15) is 6.04 Å². The first kappa shape index (κ1) is 17.0. The zero-order valence-corrected chi connectivity index (χ0v) is 13.1. The number of amides is 1. The molecule has 0 spiro atoms. The number of thiol groups is 1. The van der Waals surface area contributed by atoms with Gasteiger partial charge in [0.05, 0.1) is 0 Å². The highest BCUT2D eigenvalue weighted by Crippen LogP contribution is 2.20. The third-order valence-corrected chi connectivity index (χ3v) is 4.12. The monoisotopic (exact) mass is 316 g/mol. The molecule has 1 amide bonds. The normalized spacial score (nSPS) is 21.7. The van der Waals surface area contributed by atoms with Gasteiger partial charge in [-0.15, -0.1) is 0 Å². The lowest BCUT2D eigenvalue weighted by atomic mass is 10.1. The first-order valence-electron chi connectivity index (χ1n) is 6.45. The van der Waals surface area contributed by atoms with Crippen LogP contribution in [0.1, 0.15) is 19.8 Å². The van der Waals surface area contributed by atoms with Gasteiger partial charge in [-0.25, -0.2) is 4.79 Å². The van der Waals surface area contributed by atoms with Crippen LogP contribution in [0.3, 0.4) is 0 Å². The number of carboxylic acids is 1. The van der Waals surface area contributed by atoms with Crippen LogP contribution in [0.4, 0.5) is 0 Å². The van der Waals surface area contributed by atoms with Crippen LogP contribution in [0.5, 0.6) is 0 Å². The minimum atomic E-state index is -0.901. The van der Waals surface area contributed by atoms with E-state index in [-0.39, 0.29) is 11.8 Å². The molecular weight excluding hydrogens is 296 g/mol. The highest BCUT2D eigenvalue weighted by molar-refractivity contribution is 8.00. The summed E-state index contributed by atoms with van der Waals surface area (Å²) < 4.78 is 2.93. The van der Waals surface area contributed by atoms with E-state index in [9.17, 15) is 9.59 Å². The van der Waals surface area contributed by atoms with Crippen molar-refractivity contribution in [3.05, 3.63) is 23.8 Å². The van der Waals surface area contributed by atoms with Crippen LogP contribution < -0.4 is 4.72 Å². The summed E-state index contributed by atoms with van der Waals surface area (Å²) in [7, 11) is 0. The van der Waals surface area contributed by atoms with Gasteiger partial charge in [-0.1, -0.05) is 13.0 Å². The summed E-state index contributed by atoms with van der Waals surface area (Å²) in [6.45, 7) is 2.33. The number of carboxylic acid groups (broad SMARTS) is 1. The number of rotatable bonds is 3. The molecular formula is C13H20N2O3S2. The van der Waals surface area contributed by atoms with Crippen molar-refractivity contribution in [3.63, 3.8) is 0 Å². The van der Waals surface area contributed by atoms with E-state index in [0.29, 0.717) is 18.7 Å². The van der Waals surface area contributed by atoms with Crippen molar-refractivity contribution in [1.29, 1.82) is 0 Å². The predicted octanol–water partition coefficient (Wildman–Crippen LogP) is 1.89. The number of carbonyl (C=O) groups excluding carboxylic acids is 1. The molecule has 0 radical (unpaired) electrons. The number of carbonyl (C=O) groups is 2. The summed E-state index contributed by atoms with van der Waals surface area (Å²) in [5.74, 6) is -0.729. The van der Waals surface area contributed by atoms with Crippen LogP contribution in [-0.2, 0) is 9.59 Å². The summed E-state index contributed by atoms with van der Waals surface area (Å²) >= 11 is 5.61. The first-order chi connectivity index (χ1) is 9.57. The smallest absolute Gasteiger partial charge is 0.326 e. The average Bonchev–Trinajstić information content (AvgIpc) is 2.97.